The van der Waals surface area contributed by atoms with Crippen LogP contribution in [0.2, 0.25) is 0 Å². The number of allylic oxidation sites excluding steroid dienone is 5. The lowest BCUT2D eigenvalue weighted by Crippen LogP contribution is -1.82. The first-order valence-electron chi connectivity index (χ1n) is 5.72. The zero-order valence-corrected chi connectivity index (χ0v) is 10.7. The Hall–Kier alpha value is -2.00. The number of aryl methyl sites for hydroxylation is 2. The van der Waals surface area contributed by atoms with Crippen molar-refractivity contribution in [2.24, 2.45) is 0 Å². The fourth-order valence-electron chi connectivity index (χ4n) is 1.41. The maximum Gasteiger partial charge on any atom is 0.0251 e. The molecule has 0 spiro atoms. The van der Waals surface area contributed by atoms with Crippen LogP contribution in [0.25, 0.3) is 0 Å². The van der Waals surface area contributed by atoms with Crippen molar-refractivity contribution in [3.63, 3.8) is 0 Å². The Kier molecular flexibility index (Phi) is 5.04. The summed E-state index contributed by atoms with van der Waals surface area (Å²) in [5.74, 6) is 6.30. The number of hydrogen-bond acceptors (Lipinski definition) is 0. The van der Waals surface area contributed by atoms with E-state index in [1.54, 1.807) is 6.08 Å². The van der Waals surface area contributed by atoms with E-state index in [1.165, 1.54) is 11.1 Å². The molecule has 0 unspecified atom stereocenters. The van der Waals surface area contributed by atoms with Crippen molar-refractivity contribution >= 4 is 0 Å². The van der Waals surface area contributed by atoms with E-state index in [0.29, 0.717) is 0 Å². The van der Waals surface area contributed by atoms with Gasteiger partial charge >= 0.3 is 0 Å². The summed E-state index contributed by atoms with van der Waals surface area (Å²) in [6.07, 6.45) is 7.62. The van der Waals surface area contributed by atoms with Crippen LogP contribution in [0.3, 0.4) is 0 Å². The molecule has 17 heavy (non-hydrogen) atoms. The third-order valence-electron chi connectivity index (χ3n) is 2.50. The van der Waals surface area contributed by atoms with Gasteiger partial charge in [0.2, 0.25) is 0 Å². The fourth-order valence-corrected chi connectivity index (χ4v) is 1.41. The number of hydrogen-bond donors (Lipinski definition) is 0. The zero-order chi connectivity index (χ0) is 12.7. The van der Waals surface area contributed by atoms with Gasteiger partial charge in [-0.15, -0.1) is 0 Å². The van der Waals surface area contributed by atoms with E-state index in [-0.39, 0.29) is 0 Å². The maximum atomic E-state index is 3.69. The molecule has 0 heteroatoms. The quantitative estimate of drug-likeness (QED) is 0.515. The fraction of sp³-hybridized carbons (Fsp3) is 0.176. The van der Waals surface area contributed by atoms with Crippen LogP contribution >= 0.6 is 0 Å². The summed E-state index contributed by atoms with van der Waals surface area (Å²) in [6.45, 7) is 9.88. The van der Waals surface area contributed by atoms with Crippen LogP contribution in [0.5, 0.6) is 0 Å². The second-order valence-corrected chi connectivity index (χ2v) is 3.91. The molecule has 0 N–H and O–H groups in total. The molecule has 0 saturated carbocycles. The van der Waals surface area contributed by atoms with Crippen molar-refractivity contribution < 1.29 is 0 Å². The van der Waals surface area contributed by atoms with Gasteiger partial charge in [0.15, 0.2) is 0 Å². The van der Waals surface area contributed by atoms with Crippen LogP contribution in [-0.2, 0) is 0 Å². The summed E-state index contributed by atoms with van der Waals surface area (Å²) in [6, 6.07) is 6.27. The minimum Gasteiger partial charge on any atom is -0.0990 e. The summed E-state index contributed by atoms with van der Waals surface area (Å²) in [7, 11) is 0. The molecular formula is C17H18. The Bertz CT molecular complexity index is 517. The van der Waals surface area contributed by atoms with Gasteiger partial charge in [-0.05, 0) is 50.1 Å². The van der Waals surface area contributed by atoms with Gasteiger partial charge in [-0.3, -0.25) is 0 Å². The maximum absolute atomic E-state index is 3.69. The van der Waals surface area contributed by atoms with E-state index < -0.39 is 0 Å². The minimum atomic E-state index is 0.973. The predicted molar refractivity (Wildman–Crippen MR) is 75.9 cm³/mol. The third kappa shape index (κ3) is 4.17. The van der Waals surface area contributed by atoms with Crippen LogP contribution in [0.1, 0.15) is 23.6 Å². The zero-order valence-electron chi connectivity index (χ0n) is 10.7. The molecule has 0 fully saturated rings. The number of rotatable bonds is 2. The smallest absolute Gasteiger partial charge is 0.0251 e. The topological polar surface area (TPSA) is 0 Å². The Morgan fingerprint density at radius 3 is 2.59 bits per heavy atom. The summed E-state index contributed by atoms with van der Waals surface area (Å²) in [4.78, 5) is 0. The van der Waals surface area contributed by atoms with Gasteiger partial charge in [-0.1, -0.05) is 42.7 Å². The Morgan fingerprint density at radius 2 is 2.00 bits per heavy atom. The van der Waals surface area contributed by atoms with Gasteiger partial charge in [0.05, 0.1) is 0 Å². The summed E-state index contributed by atoms with van der Waals surface area (Å²) in [5, 5.41) is 0. The first-order chi connectivity index (χ1) is 8.17. The Balaban J connectivity index is 3.00. The second-order valence-electron chi connectivity index (χ2n) is 3.91. The van der Waals surface area contributed by atoms with Crippen molar-refractivity contribution in [3.8, 4) is 11.8 Å². The van der Waals surface area contributed by atoms with Gasteiger partial charge in [0.25, 0.3) is 0 Å². The molecule has 0 atom stereocenters. The first-order valence-corrected chi connectivity index (χ1v) is 5.72. The van der Waals surface area contributed by atoms with Gasteiger partial charge in [-0.25, -0.2) is 0 Å². The molecule has 1 aromatic carbocycles. The average Bonchev–Trinajstić information content (AvgIpc) is 2.31. The Morgan fingerprint density at radius 1 is 1.24 bits per heavy atom. The van der Waals surface area contributed by atoms with E-state index in [1.807, 2.05) is 25.2 Å². The molecule has 0 bridgehead atoms. The van der Waals surface area contributed by atoms with Crippen LogP contribution in [0.15, 0.2) is 54.7 Å². The average molecular weight is 222 g/mol. The van der Waals surface area contributed by atoms with Crippen molar-refractivity contribution in [1.29, 1.82) is 0 Å². The van der Waals surface area contributed by atoms with Crippen molar-refractivity contribution in [2.75, 3.05) is 0 Å². The van der Waals surface area contributed by atoms with E-state index in [9.17, 15) is 0 Å². The van der Waals surface area contributed by atoms with E-state index in [2.05, 4.69) is 50.5 Å². The largest absolute Gasteiger partial charge is 0.0990 e. The number of benzene rings is 1. The van der Waals surface area contributed by atoms with E-state index >= 15 is 0 Å². The first kappa shape index (κ1) is 13.1. The van der Waals surface area contributed by atoms with Gasteiger partial charge in [-0.2, -0.15) is 0 Å². The molecule has 0 radical (unpaired) electrons. The molecule has 86 valence electrons. The monoisotopic (exact) mass is 222 g/mol. The lowest BCUT2D eigenvalue weighted by atomic mass is 10.1. The van der Waals surface area contributed by atoms with Crippen molar-refractivity contribution in [3.05, 3.63) is 71.3 Å². The molecule has 0 aliphatic heterocycles. The highest BCUT2D eigenvalue weighted by Crippen LogP contribution is 2.09. The standard InChI is InChI=1S/C17H18/c1-5-7-16(8-6-2)11-12-17-10-9-14(3)15(4)13-17/h5-10,13H,1H2,2-4H3/b8-6-,16-7+. The predicted octanol–water partition coefficient (Wildman–Crippen LogP) is 4.34. The Labute approximate surface area is 104 Å². The highest BCUT2D eigenvalue weighted by Gasteiger charge is 1.92. The molecule has 0 aromatic heterocycles. The van der Waals surface area contributed by atoms with E-state index in [4.69, 9.17) is 0 Å². The van der Waals surface area contributed by atoms with Gasteiger partial charge in [0.1, 0.15) is 0 Å². The third-order valence-corrected chi connectivity index (χ3v) is 2.50. The molecule has 0 aliphatic rings. The summed E-state index contributed by atoms with van der Waals surface area (Å²) < 4.78 is 0. The second kappa shape index (κ2) is 6.55. The van der Waals surface area contributed by atoms with E-state index in [0.717, 1.165) is 11.1 Å². The molecule has 0 aliphatic carbocycles. The van der Waals surface area contributed by atoms with Gasteiger partial charge < -0.3 is 0 Å². The van der Waals surface area contributed by atoms with Crippen LogP contribution in [-0.4, -0.2) is 0 Å². The molecular weight excluding hydrogens is 204 g/mol. The van der Waals surface area contributed by atoms with Crippen LogP contribution in [0, 0.1) is 25.7 Å². The minimum absolute atomic E-state index is 0.973. The van der Waals surface area contributed by atoms with Crippen molar-refractivity contribution in [2.45, 2.75) is 20.8 Å². The SMILES string of the molecule is C=C/C=C(C#Cc1ccc(C)c(C)c1)\C=C/C. The summed E-state index contributed by atoms with van der Waals surface area (Å²) >= 11 is 0. The van der Waals surface area contributed by atoms with Crippen LogP contribution < -0.4 is 0 Å². The molecule has 0 saturated heterocycles. The highest BCUT2D eigenvalue weighted by atomic mass is 14.0. The summed E-state index contributed by atoms with van der Waals surface area (Å²) in [5.41, 5.74) is 4.59. The lowest BCUT2D eigenvalue weighted by molar-refractivity contribution is 1.33. The molecule has 1 rings (SSSR count). The lowest BCUT2D eigenvalue weighted by Gasteiger charge is -1.98. The molecule has 0 heterocycles. The van der Waals surface area contributed by atoms with Crippen LogP contribution in [0.4, 0.5) is 0 Å². The normalized spacial score (nSPS) is 11.1. The molecule has 1 aromatic rings. The highest BCUT2D eigenvalue weighted by molar-refractivity contribution is 5.47. The molecule has 0 amide bonds. The van der Waals surface area contributed by atoms with Gasteiger partial charge in [0, 0.05) is 11.1 Å². The van der Waals surface area contributed by atoms with Crippen molar-refractivity contribution in [1.82, 2.24) is 0 Å². The molecule has 0 nitrogen and oxygen atoms in total.